The number of hydrogen-bond donors (Lipinski definition) is 2. The first-order valence-electron chi connectivity index (χ1n) is 9.17. The summed E-state index contributed by atoms with van der Waals surface area (Å²) in [4.78, 5) is 61.4. The van der Waals surface area contributed by atoms with Crippen LogP contribution in [0, 0.1) is 11.8 Å². The third kappa shape index (κ3) is 4.37. The molecule has 3 N–H and O–H groups in total. The Morgan fingerprint density at radius 2 is 1.86 bits per heavy atom. The van der Waals surface area contributed by atoms with Gasteiger partial charge in [-0.15, -0.1) is 11.3 Å². The molecule has 1 aromatic heterocycles. The van der Waals surface area contributed by atoms with Gasteiger partial charge in [-0.3, -0.25) is 28.9 Å². The van der Waals surface area contributed by atoms with Gasteiger partial charge in [-0.2, -0.15) is 0 Å². The van der Waals surface area contributed by atoms with Gasteiger partial charge in [-0.05, 0) is 31.2 Å². The number of nitrogens with one attached hydrogen (secondary N) is 1. The van der Waals surface area contributed by atoms with Gasteiger partial charge >= 0.3 is 5.97 Å². The first-order chi connectivity index (χ1) is 13.8. The van der Waals surface area contributed by atoms with Gasteiger partial charge in [0.1, 0.15) is 5.00 Å². The number of thiophene rings is 1. The van der Waals surface area contributed by atoms with Crippen LogP contribution in [0.15, 0.2) is 23.6 Å². The lowest BCUT2D eigenvalue weighted by Gasteiger charge is -2.16. The Hall–Kier alpha value is -3.01. The van der Waals surface area contributed by atoms with Gasteiger partial charge in [0, 0.05) is 6.54 Å². The van der Waals surface area contributed by atoms with Gasteiger partial charge in [0.25, 0.3) is 11.8 Å². The van der Waals surface area contributed by atoms with Gasteiger partial charge in [0.15, 0.2) is 6.10 Å². The minimum absolute atomic E-state index is 0.0748. The lowest BCUT2D eigenvalue weighted by molar-refractivity contribution is -0.154. The van der Waals surface area contributed by atoms with E-state index < -0.39 is 23.9 Å². The quantitative estimate of drug-likeness (QED) is 0.385. The SMILES string of the molecule is C[C@@H](OC(=O)CCN1C(=O)[C@H]2CC=CC[C@@H]2C1=O)C(=O)Nc1sccc1C(N)=O. The number of esters is 1. The van der Waals surface area contributed by atoms with Gasteiger partial charge in [-0.1, -0.05) is 12.2 Å². The minimum atomic E-state index is -1.12. The monoisotopic (exact) mass is 419 g/mol. The molecule has 4 amide bonds. The summed E-state index contributed by atoms with van der Waals surface area (Å²) >= 11 is 1.12. The van der Waals surface area contributed by atoms with Crippen LogP contribution in [0.25, 0.3) is 0 Å². The molecule has 154 valence electrons. The van der Waals surface area contributed by atoms with Crippen molar-refractivity contribution in [2.24, 2.45) is 17.6 Å². The van der Waals surface area contributed by atoms with Gasteiger partial charge < -0.3 is 15.8 Å². The molecule has 2 aliphatic rings. The highest BCUT2D eigenvalue weighted by molar-refractivity contribution is 7.14. The fraction of sp³-hybridized carbons (Fsp3) is 0.421. The highest BCUT2D eigenvalue weighted by Crippen LogP contribution is 2.35. The average Bonchev–Trinajstić information content (AvgIpc) is 3.24. The van der Waals surface area contributed by atoms with Crippen molar-refractivity contribution in [1.82, 2.24) is 4.90 Å². The fourth-order valence-electron chi connectivity index (χ4n) is 3.42. The average molecular weight is 419 g/mol. The summed E-state index contributed by atoms with van der Waals surface area (Å²) in [6.07, 6.45) is 3.52. The molecule has 0 radical (unpaired) electrons. The van der Waals surface area contributed by atoms with Crippen LogP contribution >= 0.6 is 11.3 Å². The number of ether oxygens (including phenoxy) is 1. The number of anilines is 1. The minimum Gasteiger partial charge on any atom is -0.452 e. The lowest BCUT2D eigenvalue weighted by Crippen LogP contribution is -2.35. The van der Waals surface area contributed by atoms with E-state index in [1.54, 1.807) is 5.38 Å². The molecule has 10 heteroatoms. The lowest BCUT2D eigenvalue weighted by atomic mass is 9.85. The van der Waals surface area contributed by atoms with Gasteiger partial charge in [-0.25, -0.2) is 0 Å². The molecule has 9 nitrogen and oxygen atoms in total. The molecule has 0 unspecified atom stereocenters. The predicted molar refractivity (Wildman–Crippen MR) is 104 cm³/mol. The number of likely N-dealkylation sites (tertiary alicyclic amines) is 1. The Morgan fingerprint density at radius 3 is 2.45 bits per heavy atom. The number of amides is 4. The van der Waals surface area contributed by atoms with Gasteiger partial charge in [0.2, 0.25) is 11.8 Å². The van der Waals surface area contributed by atoms with Crippen LogP contribution in [-0.4, -0.2) is 47.1 Å². The number of nitrogens with zero attached hydrogens (tertiary/aromatic N) is 1. The Bertz CT molecular complexity index is 866. The number of carbonyl (C=O) groups excluding carboxylic acids is 5. The van der Waals surface area contributed by atoms with E-state index in [0.717, 1.165) is 16.2 Å². The molecule has 1 aromatic rings. The van der Waals surface area contributed by atoms with E-state index in [-0.39, 0.29) is 47.2 Å². The van der Waals surface area contributed by atoms with E-state index in [1.165, 1.54) is 13.0 Å². The molecule has 0 aromatic carbocycles. The summed E-state index contributed by atoms with van der Waals surface area (Å²) in [6.45, 7) is 1.31. The molecule has 0 bridgehead atoms. The fourth-order valence-corrected chi connectivity index (χ4v) is 4.21. The van der Waals surface area contributed by atoms with Crippen molar-refractivity contribution in [2.75, 3.05) is 11.9 Å². The second-order valence-corrected chi connectivity index (χ2v) is 7.80. The smallest absolute Gasteiger partial charge is 0.308 e. The van der Waals surface area contributed by atoms with Crippen molar-refractivity contribution >= 4 is 45.9 Å². The van der Waals surface area contributed by atoms with Crippen LogP contribution in [0.1, 0.15) is 36.5 Å². The molecule has 2 heterocycles. The number of allylic oxidation sites excluding steroid dienone is 2. The van der Waals surface area contributed by atoms with Crippen LogP contribution < -0.4 is 11.1 Å². The Morgan fingerprint density at radius 1 is 1.24 bits per heavy atom. The summed E-state index contributed by atoms with van der Waals surface area (Å²) in [5, 5.41) is 4.37. The van der Waals surface area contributed by atoms with Crippen LogP contribution in [-0.2, 0) is 23.9 Å². The summed E-state index contributed by atoms with van der Waals surface area (Å²) in [6, 6.07) is 1.48. The van der Waals surface area contributed by atoms with E-state index in [0.29, 0.717) is 12.8 Å². The van der Waals surface area contributed by atoms with Crippen molar-refractivity contribution in [3.05, 3.63) is 29.2 Å². The number of nitrogens with two attached hydrogens (primary N) is 1. The second kappa shape index (κ2) is 8.56. The molecule has 29 heavy (non-hydrogen) atoms. The summed E-state index contributed by atoms with van der Waals surface area (Å²) in [5.74, 6) is -3.23. The molecular weight excluding hydrogens is 398 g/mol. The standard InChI is InChI=1S/C19H21N3O6S/c1-10(16(25)21-17-13(15(20)24)7-9-29-17)28-14(23)6-8-22-18(26)11-4-2-3-5-12(11)19(22)27/h2-3,7,9-12H,4-6,8H2,1H3,(H2,20,24)(H,21,25)/t10-,11+,12+/m1/s1. The first-order valence-corrected chi connectivity index (χ1v) is 10.1. The third-order valence-electron chi connectivity index (χ3n) is 4.98. The summed E-state index contributed by atoms with van der Waals surface area (Å²) < 4.78 is 5.09. The van der Waals surface area contributed by atoms with Crippen LogP contribution in [0.5, 0.6) is 0 Å². The molecule has 1 aliphatic carbocycles. The van der Waals surface area contributed by atoms with E-state index in [1.807, 2.05) is 12.2 Å². The van der Waals surface area contributed by atoms with E-state index in [4.69, 9.17) is 10.5 Å². The molecule has 0 spiro atoms. The zero-order valence-corrected chi connectivity index (χ0v) is 16.6. The maximum atomic E-state index is 12.4. The highest BCUT2D eigenvalue weighted by atomic mass is 32.1. The number of imide groups is 1. The van der Waals surface area contributed by atoms with E-state index >= 15 is 0 Å². The normalized spacial score (nSPS) is 21.6. The van der Waals surface area contributed by atoms with Crippen molar-refractivity contribution in [1.29, 1.82) is 0 Å². The predicted octanol–water partition coefficient (Wildman–Crippen LogP) is 1.06. The van der Waals surface area contributed by atoms with E-state index in [2.05, 4.69) is 5.32 Å². The number of carbonyl (C=O) groups is 5. The summed E-state index contributed by atoms with van der Waals surface area (Å²) in [5.41, 5.74) is 5.39. The molecular formula is C19H21N3O6S. The first kappa shape index (κ1) is 20.7. The molecule has 0 saturated carbocycles. The maximum absolute atomic E-state index is 12.4. The van der Waals surface area contributed by atoms with E-state index in [9.17, 15) is 24.0 Å². The van der Waals surface area contributed by atoms with Crippen molar-refractivity contribution in [3.8, 4) is 0 Å². The van der Waals surface area contributed by atoms with Crippen LogP contribution in [0.2, 0.25) is 0 Å². The van der Waals surface area contributed by atoms with Crippen LogP contribution in [0.3, 0.4) is 0 Å². The van der Waals surface area contributed by atoms with Crippen molar-refractivity contribution < 1.29 is 28.7 Å². The number of primary amides is 1. The zero-order valence-electron chi connectivity index (χ0n) is 15.8. The van der Waals surface area contributed by atoms with Crippen LogP contribution in [0.4, 0.5) is 5.00 Å². The molecule has 3 atom stereocenters. The summed E-state index contributed by atoms with van der Waals surface area (Å²) in [7, 11) is 0. The van der Waals surface area contributed by atoms with Crippen molar-refractivity contribution in [2.45, 2.75) is 32.3 Å². The topological polar surface area (TPSA) is 136 Å². The van der Waals surface area contributed by atoms with Crippen molar-refractivity contribution in [3.63, 3.8) is 0 Å². The second-order valence-electron chi connectivity index (χ2n) is 6.88. The Balaban J connectivity index is 1.49. The number of hydrogen-bond acceptors (Lipinski definition) is 7. The maximum Gasteiger partial charge on any atom is 0.308 e. The molecule has 3 rings (SSSR count). The zero-order chi connectivity index (χ0) is 21.1. The highest BCUT2D eigenvalue weighted by Gasteiger charge is 2.47. The third-order valence-corrected chi connectivity index (χ3v) is 5.81. The number of fused-ring (bicyclic) bond motifs is 1. The number of rotatable bonds is 7. The molecule has 1 saturated heterocycles. The molecule has 1 fully saturated rings. The van der Waals surface area contributed by atoms with Gasteiger partial charge in [0.05, 0.1) is 23.8 Å². The largest absolute Gasteiger partial charge is 0.452 e. The Kier molecular flexibility index (Phi) is 6.12. The molecule has 1 aliphatic heterocycles. The Labute approximate surface area is 170 Å².